The molecule has 0 aromatic heterocycles. The first-order valence-electron chi connectivity index (χ1n) is 8.16. The van der Waals surface area contributed by atoms with Gasteiger partial charge in [-0.25, -0.2) is 0 Å². The maximum atomic E-state index is 12.1. The Labute approximate surface area is 169 Å². The number of nitrogens with one attached hydrogen (secondary N) is 2. The molecule has 0 bridgehead atoms. The highest BCUT2D eigenvalue weighted by Gasteiger charge is 2.28. The molecule has 0 heterocycles. The monoisotopic (exact) mass is 437 g/mol. The van der Waals surface area contributed by atoms with Gasteiger partial charge in [-0.3, -0.25) is 28.8 Å². The lowest BCUT2D eigenvalue weighted by molar-refractivity contribution is -0.145. The van der Waals surface area contributed by atoms with Crippen molar-refractivity contribution in [3.8, 4) is 0 Å². The van der Waals surface area contributed by atoms with E-state index in [0.29, 0.717) is 11.8 Å². The molecule has 0 aliphatic heterocycles. The van der Waals surface area contributed by atoms with Gasteiger partial charge in [0.05, 0.1) is 13.5 Å². The number of esters is 1. The summed E-state index contributed by atoms with van der Waals surface area (Å²) >= 11 is 0.673. The SMILES string of the molecule is COC(=O)C[C@H](SC[C@H](NC(=O)CC[C@H](N)C(=O)O)C(=O)NCC(=O)O)C(=O)O. The number of carbonyl (C=O) groups excluding carboxylic acids is 3. The molecular weight excluding hydrogens is 414 g/mol. The molecule has 0 aromatic carbocycles. The third-order valence-corrected chi connectivity index (χ3v) is 4.68. The van der Waals surface area contributed by atoms with Crippen molar-refractivity contribution >= 4 is 47.5 Å². The number of carbonyl (C=O) groups is 6. The van der Waals surface area contributed by atoms with Crippen molar-refractivity contribution in [2.75, 3.05) is 19.4 Å². The van der Waals surface area contributed by atoms with Crippen LogP contribution in [0, 0.1) is 0 Å². The highest BCUT2D eigenvalue weighted by molar-refractivity contribution is 8.00. The largest absolute Gasteiger partial charge is 0.480 e. The molecule has 7 N–H and O–H groups in total. The van der Waals surface area contributed by atoms with Crippen molar-refractivity contribution in [1.29, 1.82) is 0 Å². The lowest BCUT2D eigenvalue weighted by Gasteiger charge is -2.20. The minimum atomic E-state index is -1.34. The highest BCUT2D eigenvalue weighted by Crippen LogP contribution is 2.17. The lowest BCUT2D eigenvalue weighted by Crippen LogP contribution is -2.50. The zero-order valence-corrected chi connectivity index (χ0v) is 16.3. The Morgan fingerprint density at radius 2 is 1.69 bits per heavy atom. The van der Waals surface area contributed by atoms with E-state index in [2.05, 4.69) is 15.4 Å². The number of thioether (sulfide) groups is 1. The van der Waals surface area contributed by atoms with E-state index in [1.165, 1.54) is 0 Å². The minimum Gasteiger partial charge on any atom is -0.480 e. The third-order valence-electron chi connectivity index (χ3n) is 3.38. The third kappa shape index (κ3) is 11.5. The molecule has 0 aliphatic rings. The molecule has 0 saturated heterocycles. The Morgan fingerprint density at radius 1 is 1.07 bits per heavy atom. The Hall–Kier alpha value is -2.87. The summed E-state index contributed by atoms with van der Waals surface area (Å²) in [6.45, 7) is -0.732. The van der Waals surface area contributed by atoms with Crippen LogP contribution in [0.1, 0.15) is 19.3 Å². The number of rotatable bonds is 14. The summed E-state index contributed by atoms with van der Waals surface area (Å²) in [5, 5.41) is 29.6. The van der Waals surface area contributed by atoms with E-state index in [1.54, 1.807) is 0 Å². The Bertz CT molecular complexity index is 642. The maximum Gasteiger partial charge on any atom is 0.322 e. The molecule has 164 valence electrons. The van der Waals surface area contributed by atoms with Gasteiger partial charge in [0.2, 0.25) is 11.8 Å². The summed E-state index contributed by atoms with van der Waals surface area (Å²) in [5.74, 6) is -6.70. The van der Waals surface area contributed by atoms with Crippen LogP contribution in [-0.4, -0.2) is 87.8 Å². The number of hydrogen-bond acceptors (Lipinski definition) is 9. The summed E-state index contributed by atoms with van der Waals surface area (Å²) in [4.78, 5) is 67.9. The number of amides is 2. The molecule has 29 heavy (non-hydrogen) atoms. The van der Waals surface area contributed by atoms with Crippen LogP contribution in [0.3, 0.4) is 0 Å². The van der Waals surface area contributed by atoms with Crippen molar-refractivity contribution in [2.24, 2.45) is 5.73 Å². The molecule has 0 radical (unpaired) electrons. The summed E-state index contributed by atoms with van der Waals surface area (Å²) in [7, 11) is 1.08. The number of methoxy groups -OCH3 is 1. The number of carboxylic acid groups (broad SMARTS) is 3. The van der Waals surface area contributed by atoms with Crippen LogP contribution in [0.4, 0.5) is 0 Å². The molecule has 13 nitrogen and oxygen atoms in total. The van der Waals surface area contributed by atoms with Gasteiger partial charge in [-0.1, -0.05) is 0 Å². The standard InChI is InChI=1S/C15H23N3O10S/c1-28-12(22)4-9(15(26)27)29-6-8(13(23)17-5-11(20)21)18-10(19)3-2-7(16)14(24)25/h7-9H,2-6,16H2,1H3,(H,17,23)(H,18,19)(H,20,21)(H,24,25)(H,26,27)/t7-,8-,9-/m0/s1. The van der Waals surface area contributed by atoms with Gasteiger partial charge in [-0.15, -0.1) is 11.8 Å². The molecule has 0 aromatic rings. The predicted molar refractivity (Wildman–Crippen MR) is 97.9 cm³/mol. The fourth-order valence-electron chi connectivity index (χ4n) is 1.81. The van der Waals surface area contributed by atoms with Crippen LogP contribution in [0.25, 0.3) is 0 Å². The number of ether oxygens (including phenoxy) is 1. The number of hydrogen-bond donors (Lipinski definition) is 6. The Kier molecular flexibility index (Phi) is 12.0. The number of aliphatic carboxylic acids is 3. The molecule has 0 aliphatic carbocycles. The maximum absolute atomic E-state index is 12.1. The van der Waals surface area contributed by atoms with Gasteiger partial charge in [-0.05, 0) is 6.42 Å². The predicted octanol–water partition coefficient (Wildman–Crippen LogP) is -2.39. The normalized spacial score (nSPS) is 13.4. The van der Waals surface area contributed by atoms with E-state index in [-0.39, 0.29) is 18.6 Å². The van der Waals surface area contributed by atoms with E-state index < -0.39 is 66.0 Å². The van der Waals surface area contributed by atoms with E-state index in [0.717, 1.165) is 7.11 Å². The van der Waals surface area contributed by atoms with Crippen LogP contribution in [0.2, 0.25) is 0 Å². The molecule has 3 atom stereocenters. The van der Waals surface area contributed by atoms with Crippen LogP contribution in [0.5, 0.6) is 0 Å². The van der Waals surface area contributed by atoms with Gasteiger partial charge in [0.25, 0.3) is 0 Å². The van der Waals surface area contributed by atoms with Crippen molar-refractivity contribution in [1.82, 2.24) is 10.6 Å². The first kappa shape index (κ1) is 26.1. The second kappa shape index (κ2) is 13.3. The Morgan fingerprint density at radius 3 is 2.17 bits per heavy atom. The molecule has 0 saturated carbocycles. The summed E-state index contributed by atoms with van der Waals surface area (Å²) in [6, 6.07) is -2.61. The molecule has 0 rings (SSSR count). The second-order valence-corrected chi connectivity index (χ2v) is 6.89. The van der Waals surface area contributed by atoms with E-state index in [1.807, 2.05) is 0 Å². The molecule has 0 unspecified atom stereocenters. The van der Waals surface area contributed by atoms with Crippen molar-refractivity contribution in [3.05, 3.63) is 0 Å². The van der Waals surface area contributed by atoms with Crippen molar-refractivity contribution in [2.45, 2.75) is 36.6 Å². The second-order valence-electron chi connectivity index (χ2n) is 5.66. The van der Waals surface area contributed by atoms with Gasteiger partial charge >= 0.3 is 23.9 Å². The van der Waals surface area contributed by atoms with Crippen LogP contribution in [-0.2, 0) is 33.5 Å². The summed E-state index contributed by atoms with van der Waals surface area (Å²) in [5.41, 5.74) is 5.29. The zero-order valence-electron chi connectivity index (χ0n) is 15.5. The average molecular weight is 437 g/mol. The topological polar surface area (TPSA) is 222 Å². The Balaban J connectivity index is 5.03. The summed E-state index contributed by atoms with van der Waals surface area (Å²) in [6.07, 6.45) is -1.02. The summed E-state index contributed by atoms with van der Waals surface area (Å²) < 4.78 is 4.40. The van der Waals surface area contributed by atoms with Gasteiger partial charge in [0.15, 0.2) is 0 Å². The molecule has 14 heteroatoms. The number of nitrogens with two attached hydrogens (primary N) is 1. The van der Waals surface area contributed by atoms with Gasteiger partial charge in [-0.2, -0.15) is 0 Å². The molecule has 2 amide bonds. The quantitative estimate of drug-likeness (QED) is 0.157. The van der Waals surface area contributed by atoms with E-state index in [4.69, 9.17) is 21.1 Å². The molecular formula is C15H23N3O10S. The lowest BCUT2D eigenvalue weighted by atomic mass is 10.1. The number of carboxylic acids is 3. The fraction of sp³-hybridized carbons (Fsp3) is 0.600. The smallest absolute Gasteiger partial charge is 0.322 e. The molecule has 0 spiro atoms. The van der Waals surface area contributed by atoms with Crippen LogP contribution >= 0.6 is 11.8 Å². The first-order chi connectivity index (χ1) is 13.5. The van der Waals surface area contributed by atoms with Gasteiger partial charge < -0.3 is 36.4 Å². The van der Waals surface area contributed by atoms with Gasteiger partial charge in [0.1, 0.15) is 23.9 Å². The van der Waals surface area contributed by atoms with Crippen molar-refractivity contribution < 1.29 is 48.8 Å². The van der Waals surface area contributed by atoms with Crippen LogP contribution < -0.4 is 16.4 Å². The average Bonchev–Trinajstić information content (AvgIpc) is 2.65. The first-order valence-corrected chi connectivity index (χ1v) is 9.21. The van der Waals surface area contributed by atoms with Crippen LogP contribution in [0.15, 0.2) is 0 Å². The van der Waals surface area contributed by atoms with Gasteiger partial charge in [0, 0.05) is 12.2 Å². The van der Waals surface area contributed by atoms with E-state index >= 15 is 0 Å². The van der Waals surface area contributed by atoms with E-state index in [9.17, 15) is 28.8 Å². The zero-order chi connectivity index (χ0) is 22.6. The fourth-order valence-corrected chi connectivity index (χ4v) is 2.87. The minimum absolute atomic E-state index is 0.210. The highest BCUT2D eigenvalue weighted by atomic mass is 32.2. The van der Waals surface area contributed by atoms with Crippen molar-refractivity contribution in [3.63, 3.8) is 0 Å². The molecule has 0 fully saturated rings.